The standard InChI is InChI=1S/C13H26N4.HI/c1-3-8-15-13(14-2)16-9-4-5-10-17-11-6-7-12-17;/h3H,1,4-12H2,2H3,(H2,14,15,16);1H. The first-order valence-electron chi connectivity index (χ1n) is 6.64. The second kappa shape index (κ2) is 11.8. The van der Waals surface area contributed by atoms with Gasteiger partial charge in [-0.2, -0.15) is 0 Å². The van der Waals surface area contributed by atoms with Crippen LogP contribution in [0.15, 0.2) is 17.6 Å². The third kappa shape index (κ3) is 7.92. The molecule has 1 aliphatic heterocycles. The first kappa shape index (κ1) is 17.7. The lowest BCUT2D eigenvalue weighted by Gasteiger charge is -2.14. The molecule has 4 nitrogen and oxygen atoms in total. The largest absolute Gasteiger partial charge is 0.356 e. The predicted octanol–water partition coefficient (Wildman–Crippen LogP) is 1.83. The molecule has 0 saturated carbocycles. The van der Waals surface area contributed by atoms with E-state index in [-0.39, 0.29) is 24.0 Å². The number of nitrogens with one attached hydrogen (secondary N) is 2. The van der Waals surface area contributed by atoms with Gasteiger partial charge in [-0.3, -0.25) is 4.99 Å². The number of aliphatic imine (C=N–C) groups is 1. The molecule has 0 aliphatic carbocycles. The lowest BCUT2D eigenvalue weighted by molar-refractivity contribution is 0.330. The maximum absolute atomic E-state index is 4.14. The van der Waals surface area contributed by atoms with Gasteiger partial charge in [-0.1, -0.05) is 6.08 Å². The first-order valence-corrected chi connectivity index (χ1v) is 6.64. The number of hydrogen-bond acceptors (Lipinski definition) is 2. The molecule has 1 rings (SSSR count). The fourth-order valence-corrected chi connectivity index (χ4v) is 2.06. The molecule has 1 aliphatic rings. The summed E-state index contributed by atoms with van der Waals surface area (Å²) in [6, 6.07) is 0. The molecule has 1 fully saturated rings. The summed E-state index contributed by atoms with van der Waals surface area (Å²) in [7, 11) is 1.79. The third-order valence-electron chi connectivity index (χ3n) is 3.03. The van der Waals surface area contributed by atoms with E-state index in [0.717, 1.165) is 19.0 Å². The normalized spacial score (nSPS) is 16.2. The van der Waals surface area contributed by atoms with Crippen molar-refractivity contribution in [3.05, 3.63) is 12.7 Å². The summed E-state index contributed by atoms with van der Waals surface area (Å²) in [4.78, 5) is 6.70. The van der Waals surface area contributed by atoms with Gasteiger partial charge >= 0.3 is 0 Å². The fraction of sp³-hybridized carbons (Fsp3) is 0.769. The molecular weight excluding hydrogens is 339 g/mol. The number of rotatable bonds is 7. The molecule has 0 atom stereocenters. The van der Waals surface area contributed by atoms with Gasteiger partial charge in [0.2, 0.25) is 0 Å². The third-order valence-corrected chi connectivity index (χ3v) is 3.03. The zero-order chi connectivity index (χ0) is 12.3. The van der Waals surface area contributed by atoms with Crippen molar-refractivity contribution in [2.75, 3.05) is 39.8 Å². The average molecular weight is 366 g/mol. The molecule has 18 heavy (non-hydrogen) atoms. The van der Waals surface area contributed by atoms with Crippen LogP contribution in [0.4, 0.5) is 0 Å². The molecule has 1 saturated heterocycles. The summed E-state index contributed by atoms with van der Waals surface area (Å²) in [5, 5.41) is 6.46. The SMILES string of the molecule is C=CCNC(=NC)NCCCCN1CCCC1.I. The highest BCUT2D eigenvalue weighted by Gasteiger charge is 2.09. The molecule has 0 aromatic heterocycles. The second-order valence-electron chi connectivity index (χ2n) is 4.42. The van der Waals surface area contributed by atoms with Gasteiger partial charge in [0.05, 0.1) is 0 Å². The minimum atomic E-state index is 0. The van der Waals surface area contributed by atoms with Gasteiger partial charge in [-0.25, -0.2) is 0 Å². The van der Waals surface area contributed by atoms with Crippen LogP contribution in [0.3, 0.4) is 0 Å². The van der Waals surface area contributed by atoms with Gasteiger partial charge in [0.25, 0.3) is 0 Å². The van der Waals surface area contributed by atoms with E-state index in [9.17, 15) is 0 Å². The Labute approximate surface area is 128 Å². The molecule has 106 valence electrons. The Morgan fingerprint density at radius 1 is 1.28 bits per heavy atom. The molecule has 0 amide bonds. The van der Waals surface area contributed by atoms with Gasteiger partial charge in [0.1, 0.15) is 0 Å². The van der Waals surface area contributed by atoms with Crippen molar-refractivity contribution in [3.63, 3.8) is 0 Å². The van der Waals surface area contributed by atoms with E-state index in [0.29, 0.717) is 0 Å². The lowest BCUT2D eigenvalue weighted by Crippen LogP contribution is -2.37. The highest BCUT2D eigenvalue weighted by Crippen LogP contribution is 2.07. The lowest BCUT2D eigenvalue weighted by atomic mass is 10.3. The van der Waals surface area contributed by atoms with Crippen molar-refractivity contribution in [1.82, 2.24) is 15.5 Å². The van der Waals surface area contributed by atoms with Crippen molar-refractivity contribution in [3.8, 4) is 0 Å². The molecule has 0 bridgehead atoms. The molecule has 0 aromatic carbocycles. The Kier molecular flexibility index (Phi) is 11.6. The minimum absolute atomic E-state index is 0. The summed E-state index contributed by atoms with van der Waals surface area (Å²) in [6.45, 7) is 9.27. The van der Waals surface area contributed by atoms with E-state index >= 15 is 0 Å². The maximum atomic E-state index is 4.14. The van der Waals surface area contributed by atoms with E-state index in [2.05, 4.69) is 27.1 Å². The predicted molar refractivity (Wildman–Crippen MR) is 89.9 cm³/mol. The number of nitrogens with zero attached hydrogens (tertiary/aromatic N) is 2. The zero-order valence-corrected chi connectivity index (χ0v) is 13.8. The van der Waals surface area contributed by atoms with E-state index in [1.54, 1.807) is 7.05 Å². The topological polar surface area (TPSA) is 39.7 Å². The van der Waals surface area contributed by atoms with Crippen LogP contribution in [0.1, 0.15) is 25.7 Å². The average Bonchev–Trinajstić information content (AvgIpc) is 2.85. The van der Waals surface area contributed by atoms with Crippen LogP contribution in [0.2, 0.25) is 0 Å². The van der Waals surface area contributed by atoms with Crippen molar-refractivity contribution in [2.24, 2.45) is 4.99 Å². The van der Waals surface area contributed by atoms with E-state index in [1.165, 1.54) is 45.3 Å². The maximum Gasteiger partial charge on any atom is 0.191 e. The highest BCUT2D eigenvalue weighted by molar-refractivity contribution is 14.0. The van der Waals surface area contributed by atoms with E-state index in [1.807, 2.05) is 6.08 Å². The minimum Gasteiger partial charge on any atom is -0.356 e. The Morgan fingerprint density at radius 3 is 2.61 bits per heavy atom. The molecular formula is C13H27IN4. The summed E-state index contributed by atoms with van der Waals surface area (Å²) in [5.41, 5.74) is 0. The summed E-state index contributed by atoms with van der Waals surface area (Å²) < 4.78 is 0. The smallest absolute Gasteiger partial charge is 0.191 e. The van der Waals surface area contributed by atoms with Gasteiger partial charge in [-0.05, 0) is 45.3 Å². The zero-order valence-electron chi connectivity index (χ0n) is 11.5. The Balaban J connectivity index is 0.00000289. The molecule has 0 spiro atoms. The number of guanidine groups is 1. The quantitative estimate of drug-likeness (QED) is 0.238. The van der Waals surface area contributed by atoms with Gasteiger partial charge in [-0.15, -0.1) is 30.6 Å². The van der Waals surface area contributed by atoms with Crippen LogP contribution in [0.25, 0.3) is 0 Å². The highest BCUT2D eigenvalue weighted by atomic mass is 127. The van der Waals surface area contributed by atoms with Crippen molar-refractivity contribution < 1.29 is 0 Å². The molecule has 5 heteroatoms. The van der Waals surface area contributed by atoms with E-state index in [4.69, 9.17) is 0 Å². The van der Waals surface area contributed by atoms with Crippen LogP contribution >= 0.6 is 24.0 Å². The first-order chi connectivity index (χ1) is 8.36. The van der Waals surface area contributed by atoms with Crippen molar-refractivity contribution in [1.29, 1.82) is 0 Å². The van der Waals surface area contributed by atoms with Gasteiger partial charge in [0.15, 0.2) is 5.96 Å². The number of unbranched alkanes of at least 4 members (excludes halogenated alkanes) is 1. The van der Waals surface area contributed by atoms with Crippen molar-refractivity contribution in [2.45, 2.75) is 25.7 Å². The molecule has 0 aromatic rings. The Morgan fingerprint density at radius 2 is 2.00 bits per heavy atom. The van der Waals surface area contributed by atoms with Crippen LogP contribution in [-0.2, 0) is 0 Å². The summed E-state index contributed by atoms with van der Waals surface area (Å²) in [6.07, 6.45) is 7.07. The van der Waals surface area contributed by atoms with Crippen LogP contribution in [0, 0.1) is 0 Å². The van der Waals surface area contributed by atoms with Gasteiger partial charge in [0, 0.05) is 20.1 Å². The Hall–Kier alpha value is -0.300. The number of hydrogen-bond donors (Lipinski definition) is 2. The van der Waals surface area contributed by atoms with Crippen LogP contribution in [-0.4, -0.2) is 50.6 Å². The number of halogens is 1. The monoisotopic (exact) mass is 366 g/mol. The Bertz CT molecular complexity index is 237. The number of likely N-dealkylation sites (tertiary alicyclic amines) is 1. The fourth-order valence-electron chi connectivity index (χ4n) is 2.06. The van der Waals surface area contributed by atoms with Crippen LogP contribution < -0.4 is 10.6 Å². The molecule has 1 heterocycles. The van der Waals surface area contributed by atoms with Crippen molar-refractivity contribution >= 4 is 29.9 Å². The molecule has 0 unspecified atom stereocenters. The summed E-state index contributed by atoms with van der Waals surface area (Å²) in [5.74, 6) is 0.867. The molecule has 0 radical (unpaired) electrons. The molecule has 2 N–H and O–H groups in total. The van der Waals surface area contributed by atoms with E-state index < -0.39 is 0 Å². The van der Waals surface area contributed by atoms with Gasteiger partial charge < -0.3 is 15.5 Å². The van der Waals surface area contributed by atoms with Crippen LogP contribution in [0.5, 0.6) is 0 Å². The second-order valence-corrected chi connectivity index (χ2v) is 4.42. The summed E-state index contributed by atoms with van der Waals surface area (Å²) >= 11 is 0.